The van der Waals surface area contributed by atoms with E-state index in [1.165, 1.54) is 11.8 Å². The molecule has 0 aliphatic carbocycles. The fourth-order valence-corrected chi connectivity index (χ4v) is 5.29. The number of amides is 1. The monoisotopic (exact) mass is 522 g/mol. The summed E-state index contributed by atoms with van der Waals surface area (Å²) in [6, 6.07) is 13.9. The number of piperidine rings is 1. The van der Waals surface area contributed by atoms with Gasteiger partial charge in [0, 0.05) is 38.4 Å². The van der Waals surface area contributed by atoms with Gasteiger partial charge in [-0.25, -0.2) is 4.79 Å². The lowest BCUT2D eigenvalue weighted by molar-refractivity contribution is -0.115. The summed E-state index contributed by atoms with van der Waals surface area (Å²) in [4.78, 5) is 36.0. The molecule has 5 rings (SSSR count). The van der Waals surface area contributed by atoms with Gasteiger partial charge in [0.2, 0.25) is 0 Å². The van der Waals surface area contributed by atoms with Gasteiger partial charge in [-0.15, -0.1) is 0 Å². The van der Waals surface area contributed by atoms with Crippen LogP contribution in [0.15, 0.2) is 57.2 Å². The fourth-order valence-electron chi connectivity index (χ4n) is 4.51. The number of hydrogen-bond acceptors (Lipinski definition) is 8. The Morgan fingerprint density at radius 1 is 1.19 bits per heavy atom. The number of aromatic amines is 2. The molecule has 2 saturated heterocycles. The number of nitrogens with zero attached hydrogens (tertiary/aromatic N) is 2. The lowest BCUT2D eigenvalue weighted by Gasteiger charge is -2.34. The van der Waals surface area contributed by atoms with Crippen LogP contribution < -0.4 is 26.0 Å². The molecule has 2 fully saturated rings. The Kier molecular flexibility index (Phi) is 7.63. The third kappa shape index (κ3) is 6.07. The molecule has 0 radical (unpaired) electrons. The van der Waals surface area contributed by atoms with Gasteiger partial charge in [0.25, 0.3) is 5.91 Å². The number of carbonyl (C=O) groups is 1. The number of aromatic nitrogens is 2. The highest BCUT2D eigenvalue weighted by atomic mass is 32.2. The number of aliphatic hydroxyl groups is 1. The summed E-state index contributed by atoms with van der Waals surface area (Å²) in [5, 5.41) is 17.2. The number of hydrogen-bond donors (Lipinski definition) is 5. The number of anilines is 1. The van der Waals surface area contributed by atoms with Crippen LogP contribution in [0, 0.1) is 0 Å². The first-order chi connectivity index (χ1) is 18.0. The normalized spacial score (nSPS) is 19.6. The molecule has 194 valence electrons. The number of carbonyl (C=O) groups excluding carboxylic acids is 1. The zero-order chi connectivity index (χ0) is 25.8. The number of ether oxygens (including phenoxy) is 1. The molecule has 37 heavy (non-hydrogen) atoms. The Hall–Kier alpha value is -3.54. The first kappa shape index (κ1) is 25.1. The Morgan fingerprint density at radius 3 is 2.70 bits per heavy atom. The van der Waals surface area contributed by atoms with E-state index in [4.69, 9.17) is 4.74 Å². The van der Waals surface area contributed by atoms with Crippen molar-refractivity contribution in [1.29, 1.82) is 0 Å². The summed E-state index contributed by atoms with van der Waals surface area (Å²) in [7, 11) is 1.66. The van der Waals surface area contributed by atoms with E-state index in [0.717, 1.165) is 37.2 Å². The minimum absolute atomic E-state index is 0.115. The maximum atomic E-state index is 12.0. The van der Waals surface area contributed by atoms with Crippen LogP contribution in [0.25, 0.3) is 17.1 Å². The van der Waals surface area contributed by atoms with Crippen molar-refractivity contribution >= 4 is 45.6 Å². The van der Waals surface area contributed by atoms with E-state index in [0.29, 0.717) is 39.4 Å². The molecule has 3 aromatic rings. The molecule has 0 spiro atoms. The number of amidine groups is 1. The highest BCUT2D eigenvalue weighted by Crippen LogP contribution is 2.27. The summed E-state index contributed by atoms with van der Waals surface area (Å²) in [6.45, 7) is 2.40. The van der Waals surface area contributed by atoms with Crippen molar-refractivity contribution in [3.05, 3.63) is 63.4 Å². The molecular formula is C26H30N6O4S. The molecule has 0 bridgehead atoms. The van der Waals surface area contributed by atoms with Crippen molar-refractivity contribution in [3.8, 4) is 5.75 Å². The van der Waals surface area contributed by atoms with Gasteiger partial charge in [0.15, 0.2) is 5.17 Å². The minimum atomic E-state index is -0.666. The lowest BCUT2D eigenvalue weighted by Crippen LogP contribution is -2.45. The number of thioether (sulfide) groups is 1. The average Bonchev–Trinajstić information content (AvgIpc) is 3.48. The molecule has 3 heterocycles. The summed E-state index contributed by atoms with van der Waals surface area (Å²) in [6.07, 6.45) is 3.16. The van der Waals surface area contributed by atoms with E-state index in [1.54, 1.807) is 25.2 Å². The van der Waals surface area contributed by atoms with E-state index in [-0.39, 0.29) is 18.2 Å². The van der Waals surface area contributed by atoms with Crippen molar-refractivity contribution in [3.63, 3.8) is 0 Å². The molecule has 2 aliphatic rings. The molecule has 10 nitrogen and oxygen atoms in total. The van der Waals surface area contributed by atoms with E-state index in [2.05, 4.69) is 42.6 Å². The Balaban J connectivity index is 1.06. The van der Waals surface area contributed by atoms with Crippen molar-refractivity contribution < 1.29 is 14.6 Å². The number of fused-ring (bicyclic) bond motifs is 1. The van der Waals surface area contributed by atoms with Gasteiger partial charge in [-0.3, -0.25) is 9.79 Å². The fraction of sp³-hybridized carbons (Fsp3) is 0.346. The predicted molar refractivity (Wildman–Crippen MR) is 147 cm³/mol. The molecule has 5 N–H and O–H groups in total. The maximum Gasteiger partial charge on any atom is 0.323 e. The summed E-state index contributed by atoms with van der Waals surface area (Å²) in [5.41, 5.74) is 3.13. The number of nitrogens with one attached hydrogen (secondary N) is 4. The zero-order valence-electron chi connectivity index (χ0n) is 20.5. The maximum absolute atomic E-state index is 12.0. The molecule has 11 heteroatoms. The van der Waals surface area contributed by atoms with Gasteiger partial charge in [-0.1, -0.05) is 18.2 Å². The van der Waals surface area contributed by atoms with Gasteiger partial charge in [0.05, 0.1) is 10.4 Å². The van der Waals surface area contributed by atoms with E-state index in [1.807, 2.05) is 18.2 Å². The largest absolute Gasteiger partial charge is 0.489 e. The van der Waals surface area contributed by atoms with Gasteiger partial charge in [-0.2, -0.15) is 0 Å². The minimum Gasteiger partial charge on any atom is -0.489 e. The topological polar surface area (TPSA) is 135 Å². The molecule has 1 amide bonds. The second-order valence-electron chi connectivity index (χ2n) is 9.08. The highest BCUT2D eigenvalue weighted by molar-refractivity contribution is 8.18. The highest BCUT2D eigenvalue weighted by Gasteiger charge is 2.23. The van der Waals surface area contributed by atoms with Crippen molar-refractivity contribution in [2.45, 2.75) is 25.0 Å². The number of aliphatic hydroxyl groups excluding tert-OH is 1. The number of imidazole rings is 1. The predicted octanol–water partition coefficient (Wildman–Crippen LogP) is 2.04. The van der Waals surface area contributed by atoms with E-state index >= 15 is 0 Å². The van der Waals surface area contributed by atoms with Crippen molar-refractivity contribution in [2.75, 3.05) is 38.2 Å². The standard InChI is InChI=1S/C26H30N6O4S/c1-27-26-31-24(34)22(37-26)13-16-5-7-18(8-6-16)32-11-9-17(10-12-32)28-14-19(33)15-36-21-4-2-3-20-23(21)30-25(35)29-20/h2-8,13,17,19,28,33H,9-12,14-15H2,1H3,(H,27,31,34)(H2,29,30,35)/t19-/m0/s1. The van der Waals surface area contributed by atoms with Crippen LogP contribution in [0.1, 0.15) is 18.4 Å². The SMILES string of the molecule is CN=C1NC(=O)C(=Cc2ccc(N3CCC(NC[C@H](O)COc4cccc5[nH]c(=O)[nH]c45)CC3)cc2)S1. The number of benzene rings is 2. The Bertz CT molecular complexity index is 1370. The van der Waals surface area contributed by atoms with Crippen LogP contribution in [-0.4, -0.2) is 71.6 Å². The molecule has 1 atom stereocenters. The lowest BCUT2D eigenvalue weighted by atomic mass is 10.0. The molecule has 0 unspecified atom stereocenters. The first-order valence-electron chi connectivity index (χ1n) is 12.3. The van der Waals surface area contributed by atoms with Crippen molar-refractivity contribution in [2.24, 2.45) is 4.99 Å². The molecule has 0 saturated carbocycles. The summed E-state index contributed by atoms with van der Waals surface area (Å²) < 4.78 is 5.76. The first-order valence-corrected chi connectivity index (χ1v) is 13.1. The van der Waals surface area contributed by atoms with Crippen LogP contribution in [0.5, 0.6) is 5.75 Å². The summed E-state index contributed by atoms with van der Waals surface area (Å²) >= 11 is 1.35. The third-order valence-corrected chi connectivity index (χ3v) is 7.49. The average molecular weight is 523 g/mol. The number of para-hydroxylation sites is 1. The van der Waals surface area contributed by atoms with Crippen LogP contribution >= 0.6 is 11.8 Å². The van der Waals surface area contributed by atoms with Gasteiger partial charge in [-0.05, 0) is 60.5 Å². The smallest absolute Gasteiger partial charge is 0.323 e. The van der Waals surface area contributed by atoms with Crippen LogP contribution in [0.2, 0.25) is 0 Å². The second-order valence-corrected chi connectivity index (χ2v) is 10.1. The molecular weight excluding hydrogens is 492 g/mol. The van der Waals surface area contributed by atoms with Gasteiger partial charge in [0.1, 0.15) is 24.0 Å². The van der Waals surface area contributed by atoms with Crippen LogP contribution in [0.3, 0.4) is 0 Å². The number of aliphatic imine (C=N–C) groups is 1. The quantitative estimate of drug-likeness (QED) is 0.286. The van der Waals surface area contributed by atoms with Gasteiger partial charge >= 0.3 is 5.69 Å². The van der Waals surface area contributed by atoms with Gasteiger partial charge < -0.3 is 35.3 Å². The van der Waals surface area contributed by atoms with Crippen LogP contribution in [-0.2, 0) is 4.79 Å². The molecule has 2 aromatic carbocycles. The summed E-state index contributed by atoms with van der Waals surface area (Å²) in [5.74, 6) is 0.422. The second kappa shape index (κ2) is 11.2. The number of rotatable bonds is 8. The van der Waals surface area contributed by atoms with Crippen LogP contribution in [0.4, 0.5) is 5.69 Å². The van der Waals surface area contributed by atoms with E-state index < -0.39 is 6.10 Å². The molecule has 1 aromatic heterocycles. The third-order valence-electron chi connectivity index (χ3n) is 6.49. The molecule has 2 aliphatic heterocycles. The van der Waals surface area contributed by atoms with Crippen molar-refractivity contribution in [1.82, 2.24) is 20.6 Å². The Labute approximate surface area is 218 Å². The Morgan fingerprint density at radius 2 is 1.97 bits per heavy atom. The van der Waals surface area contributed by atoms with E-state index in [9.17, 15) is 14.7 Å². The zero-order valence-corrected chi connectivity index (χ0v) is 21.3. The number of H-pyrrole nitrogens is 2.